The number of carboxylic acids is 1. The number of aromatic hydroxyl groups is 1. The first-order valence-electron chi connectivity index (χ1n) is 6.31. The van der Waals surface area contributed by atoms with Crippen molar-refractivity contribution in [2.75, 3.05) is 13.1 Å². The lowest BCUT2D eigenvalue weighted by Crippen LogP contribution is -2.20. The van der Waals surface area contributed by atoms with Gasteiger partial charge in [0.25, 0.3) is 0 Å². The maximum Gasteiger partial charge on any atom is 0.355 e. The summed E-state index contributed by atoms with van der Waals surface area (Å²) in [6.45, 7) is 1.60. The van der Waals surface area contributed by atoms with Crippen molar-refractivity contribution < 1.29 is 15.0 Å². The maximum atomic E-state index is 10.7. The van der Waals surface area contributed by atoms with Crippen molar-refractivity contribution in [3.8, 4) is 5.75 Å². The average molecular weight is 292 g/mol. The highest BCUT2D eigenvalue weighted by Gasteiger charge is 2.07. The third-order valence-corrected chi connectivity index (χ3v) is 3.72. The summed E-state index contributed by atoms with van der Waals surface area (Å²) in [5.74, 6) is -0.701. The Labute approximate surface area is 120 Å². The number of carboxylic acid groups (broad SMARTS) is 1. The summed E-state index contributed by atoms with van der Waals surface area (Å²) in [5, 5.41) is 23.6. The molecule has 1 heterocycles. The van der Waals surface area contributed by atoms with Gasteiger partial charge < -0.3 is 15.5 Å². The summed E-state index contributed by atoms with van der Waals surface area (Å²) in [5.41, 5.74) is 1.28. The number of benzene rings is 1. The average Bonchev–Trinajstić information content (AvgIpc) is 2.89. The van der Waals surface area contributed by atoms with Crippen LogP contribution >= 0.6 is 11.3 Å². The molecular weight excluding hydrogens is 276 g/mol. The van der Waals surface area contributed by atoms with Crippen LogP contribution in [0.5, 0.6) is 5.75 Å². The number of aromatic nitrogens is 1. The molecular formula is C14H16N2O3S. The number of thiazole rings is 1. The van der Waals surface area contributed by atoms with Gasteiger partial charge in [0.15, 0.2) is 5.69 Å². The number of phenolic OH excluding ortho intramolecular Hbond substituents is 1. The van der Waals surface area contributed by atoms with Crippen LogP contribution in [-0.2, 0) is 12.8 Å². The second-order valence-corrected chi connectivity index (χ2v) is 5.29. The predicted molar refractivity (Wildman–Crippen MR) is 77.5 cm³/mol. The minimum absolute atomic E-state index is 0.120. The number of nitrogens with zero attached hydrogens (tertiary/aromatic N) is 1. The molecule has 1 aromatic heterocycles. The van der Waals surface area contributed by atoms with Crippen LogP contribution in [0.3, 0.4) is 0 Å². The number of phenols is 1. The molecule has 0 spiro atoms. The zero-order valence-electron chi connectivity index (χ0n) is 10.9. The molecule has 5 nitrogen and oxygen atoms in total. The lowest BCUT2D eigenvalue weighted by atomic mass is 10.1. The minimum atomic E-state index is -0.979. The van der Waals surface area contributed by atoms with Crippen LogP contribution in [0.4, 0.5) is 0 Å². The molecule has 6 heteroatoms. The Hall–Kier alpha value is -1.92. The van der Waals surface area contributed by atoms with E-state index in [1.54, 1.807) is 17.5 Å². The van der Waals surface area contributed by atoms with Crippen molar-refractivity contribution in [3.05, 3.63) is 45.9 Å². The standard InChI is InChI=1S/C14H16N2O3S/c17-11-3-1-10(2-4-11)5-7-15-8-6-13-16-12(9-20-13)14(18)19/h1-4,9,15,17H,5-8H2,(H,18,19). The second kappa shape index (κ2) is 7.02. The third-order valence-electron chi connectivity index (χ3n) is 2.81. The van der Waals surface area contributed by atoms with E-state index in [0.29, 0.717) is 0 Å². The molecule has 0 saturated heterocycles. The van der Waals surface area contributed by atoms with Crippen LogP contribution in [0.1, 0.15) is 21.1 Å². The van der Waals surface area contributed by atoms with Crippen molar-refractivity contribution in [1.82, 2.24) is 10.3 Å². The molecule has 0 aliphatic carbocycles. The largest absolute Gasteiger partial charge is 0.508 e. The van der Waals surface area contributed by atoms with Gasteiger partial charge in [-0.05, 0) is 30.7 Å². The van der Waals surface area contributed by atoms with E-state index in [1.807, 2.05) is 12.1 Å². The van der Waals surface area contributed by atoms with Crippen LogP contribution in [-0.4, -0.2) is 34.3 Å². The predicted octanol–water partition coefficient (Wildman–Crippen LogP) is 1.92. The summed E-state index contributed by atoms with van der Waals surface area (Å²) >= 11 is 1.37. The van der Waals surface area contributed by atoms with Gasteiger partial charge in [-0.2, -0.15) is 0 Å². The maximum absolute atomic E-state index is 10.7. The number of aromatic carboxylic acids is 1. The molecule has 0 atom stereocenters. The topological polar surface area (TPSA) is 82.5 Å². The molecule has 3 N–H and O–H groups in total. The Morgan fingerprint density at radius 1 is 1.20 bits per heavy atom. The molecule has 2 rings (SSSR count). The molecule has 0 bridgehead atoms. The molecule has 2 aromatic rings. The van der Waals surface area contributed by atoms with Gasteiger partial charge in [-0.25, -0.2) is 9.78 Å². The molecule has 0 aliphatic heterocycles. The van der Waals surface area contributed by atoms with Crippen LogP contribution < -0.4 is 5.32 Å². The fourth-order valence-electron chi connectivity index (χ4n) is 1.74. The lowest BCUT2D eigenvalue weighted by molar-refractivity contribution is 0.0691. The second-order valence-electron chi connectivity index (χ2n) is 4.35. The smallest absolute Gasteiger partial charge is 0.355 e. The van der Waals surface area contributed by atoms with Crippen molar-refractivity contribution in [3.63, 3.8) is 0 Å². The fourth-order valence-corrected chi connectivity index (χ4v) is 2.51. The number of hydrogen-bond donors (Lipinski definition) is 3. The number of hydrogen-bond acceptors (Lipinski definition) is 5. The van der Waals surface area contributed by atoms with Crippen LogP contribution in [0.25, 0.3) is 0 Å². The summed E-state index contributed by atoms with van der Waals surface area (Å²) in [7, 11) is 0. The van der Waals surface area contributed by atoms with E-state index < -0.39 is 5.97 Å². The summed E-state index contributed by atoms with van der Waals surface area (Å²) in [6, 6.07) is 7.16. The fraction of sp³-hybridized carbons (Fsp3) is 0.286. The zero-order chi connectivity index (χ0) is 14.4. The van der Waals surface area contributed by atoms with Gasteiger partial charge in [-0.15, -0.1) is 11.3 Å². The van der Waals surface area contributed by atoms with Gasteiger partial charge >= 0.3 is 5.97 Å². The van der Waals surface area contributed by atoms with E-state index in [4.69, 9.17) is 5.11 Å². The van der Waals surface area contributed by atoms with E-state index in [-0.39, 0.29) is 11.4 Å². The SMILES string of the molecule is O=C(O)c1csc(CCNCCc2ccc(O)cc2)n1. The highest BCUT2D eigenvalue weighted by atomic mass is 32.1. The molecule has 0 unspecified atom stereocenters. The summed E-state index contributed by atoms with van der Waals surface area (Å²) in [4.78, 5) is 14.7. The highest BCUT2D eigenvalue weighted by Crippen LogP contribution is 2.11. The van der Waals surface area contributed by atoms with E-state index in [0.717, 1.165) is 36.5 Å². The van der Waals surface area contributed by atoms with Crippen LogP contribution in [0.2, 0.25) is 0 Å². The third kappa shape index (κ3) is 4.32. The Balaban J connectivity index is 1.66. The Kier molecular flexibility index (Phi) is 5.09. The molecule has 0 aliphatic rings. The Morgan fingerprint density at radius 3 is 2.55 bits per heavy atom. The number of carbonyl (C=O) groups is 1. The minimum Gasteiger partial charge on any atom is -0.508 e. The first-order chi connectivity index (χ1) is 9.65. The van der Waals surface area contributed by atoms with Gasteiger partial charge in [0.05, 0.1) is 5.01 Å². The molecule has 0 amide bonds. The van der Waals surface area contributed by atoms with Crippen molar-refractivity contribution >= 4 is 17.3 Å². The van der Waals surface area contributed by atoms with E-state index in [9.17, 15) is 9.90 Å². The van der Waals surface area contributed by atoms with E-state index in [2.05, 4.69) is 10.3 Å². The summed E-state index contributed by atoms with van der Waals surface area (Å²) in [6.07, 6.45) is 1.62. The Morgan fingerprint density at radius 2 is 1.90 bits per heavy atom. The molecule has 1 aromatic carbocycles. The molecule has 20 heavy (non-hydrogen) atoms. The van der Waals surface area contributed by atoms with E-state index >= 15 is 0 Å². The molecule has 106 valence electrons. The number of rotatable bonds is 7. The molecule has 0 saturated carbocycles. The number of nitrogens with one attached hydrogen (secondary N) is 1. The van der Waals surface area contributed by atoms with E-state index in [1.165, 1.54) is 11.3 Å². The first kappa shape index (κ1) is 14.5. The van der Waals surface area contributed by atoms with Crippen molar-refractivity contribution in [2.45, 2.75) is 12.8 Å². The quantitative estimate of drug-likeness (QED) is 0.679. The Bertz CT molecular complexity index is 566. The van der Waals surface area contributed by atoms with Crippen molar-refractivity contribution in [2.24, 2.45) is 0 Å². The summed E-state index contributed by atoms with van der Waals surface area (Å²) < 4.78 is 0. The highest BCUT2D eigenvalue weighted by molar-refractivity contribution is 7.09. The van der Waals surface area contributed by atoms with Gasteiger partial charge in [0.2, 0.25) is 0 Å². The van der Waals surface area contributed by atoms with Crippen LogP contribution in [0, 0.1) is 0 Å². The van der Waals surface area contributed by atoms with Crippen molar-refractivity contribution in [1.29, 1.82) is 0 Å². The monoisotopic (exact) mass is 292 g/mol. The molecule has 0 radical (unpaired) electrons. The zero-order valence-corrected chi connectivity index (χ0v) is 11.7. The van der Waals surface area contributed by atoms with Gasteiger partial charge in [0, 0.05) is 18.3 Å². The van der Waals surface area contributed by atoms with Gasteiger partial charge in [-0.3, -0.25) is 0 Å². The normalized spacial score (nSPS) is 10.6. The first-order valence-corrected chi connectivity index (χ1v) is 7.19. The van der Waals surface area contributed by atoms with Gasteiger partial charge in [0.1, 0.15) is 5.75 Å². The van der Waals surface area contributed by atoms with Crippen LogP contribution in [0.15, 0.2) is 29.6 Å². The lowest BCUT2D eigenvalue weighted by Gasteiger charge is -2.04. The molecule has 0 fully saturated rings. The van der Waals surface area contributed by atoms with Gasteiger partial charge in [-0.1, -0.05) is 12.1 Å².